The van der Waals surface area contributed by atoms with Crippen molar-refractivity contribution in [2.45, 2.75) is 6.92 Å². The van der Waals surface area contributed by atoms with Gasteiger partial charge >= 0.3 is 5.97 Å². The predicted molar refractivity (Wildman–Crippen MR) is 81.0 cm³/mol. The summed E-state index contributed by atoms with van der Waals surface area (Å²) in [4.78, 5) is 20.1. The Balaban J connectivity index is 1.95. The number of rotatable bonds is 2. The summed E-state index contributed by atoms with van der Waals surface area (Å²) in [6.07, 6.45) is 3.23. The molecule has 0 aliphatic carbocycles. The van der Waals surface area contributed by atoms with Gasteiger partial charge < -0.3 is 4.74 Å². The molecule has 1 aromatic carbocycles. The van der Waals surface area contributed by atoms with Crippen LogP contribution >= 0.6 is 11.6 Å². The van der Waals surface area contributed by atoms with Crippen molar-refractivity contribution in [2.24, 2.45) is 4.99 Å². The van der Waals surface area contributed by atoms with E-state index in [0.717, 1.165) is 11.1 Å². The van der Waals surface area contributed by atoms with Crippen LogP contribution in [-0.4, -0.2) is 16.9 Å². The molecule has 1 aliphatic rings. The van der Waals surface area contributed by atoms with E-state index in [4.69, 9.17) is 16.3 Å². The van der Waals surface area contributed by atoms with Crippen molar-refractivity contribution in [2.75, 3.05) is 0 Å². The first-order valence-electron chi connectivity index (χ1n) is 6.33. The predicted octanol–water partition coefficient (Wildman–Crippen LogP) is 3.39. The lowest BCUT2D eigenvalue weighted by Crippen LogP contribution is -2.06. The van der Waals surface area contributed by atoms with E-state index in [1.807, 2.05) is 31.2 Å². The van der Waals surface area contributed by atoms with E-state index in [2.05, 4.69) is 9.98 Å². The van der Waals surface area contributed by atoms with Crippen LogP contribution in [0.2, 0.25) is 5.02 Å². The van der Waals surface area contributed by atoms with Gasteiger partial charge in [0.25, 0.3) is 0 Å². The van der Waals surface area contributed by atoms with Crippen molar-refractivity contribution in [1.29, 1.82) is 0 Å². The van der Waals surface area contributed by atoms with E-state index < -0.39 is 5.97 Å². The molecule has 0 atom stereocenters. The van der Waals surface area contributed by atoms with E-state index in [1.54, 1.807) is 18.2 Å². The second kappa shape index (κ2) is 5.50. The van der Waals surface area contributed by atoms with Gasteiger partial charge in [-0.15, -0.1) is 0 Å². The second-order valence-corrected chi connectivity index (χ2v) is 5.05. The molecular weight excluding hydrogens is 288 g/mol. The smallest absolute Gasteiger partial charge is 0.363 e. The quantitative estimate of drug-likeness (QED) is 0.631. The van der Waals surface area contributed by atoms with Gasteiger partial charge in [0.1, 0.15) is 5.69 Å². The molecule has 0 fully saturated rings. The molecule has 104 valence electrons. The third kappa shape index (κ3) is 3.01. The van der Waals surface area contributed by atoms with Gasteiger partial charge in [0.2, 0.25) is 5.90 Å². The summed E-state index contributed by atoms with van der Waals surface area (Å²) < 4.78 is 5.14. The number of nitrogens with zero attached hydrogens (tertiary/aromatic N) is 2. The van der Waals surface area contributed by atoms with Gasteiger partial charge in [-0.25, -0.2) is 9.79 Å². The van der Waals surface area contributed by atoms with Crippen LogP contribution in [-0.2, 0) is 9.53 Å². The van der Waals surface area contributed by atoms with Gasteiger partial charge in [-0.05, 0) is 30.7 Å². The van der Waals surface area contributed by atoms with Crippen LogP contribution in [0.4, 0.5) is 0 Å². The van der Waals surface area contributed by atoms with Crippen molar-refractivity contribution in [3.63, 3.8) is 0 Å². The zero-order valence-electron chi connectivity index (χ0n) is 11.2. The Morgan fingerprint density at radius 1 is 1.24 bits per heavy atom. The number of aliphatic imine (C=N–C) groups is 1. The molecule has 0 amide bonds. The number of pyridine rings is 1. The summed E-state index contributed by atoms with van der Waals surface area (Å²) >= 11 is 5.89. The number of cyclic esters (lactones) is 1. The average molecular weight is 299 g/mol. The Morgan fingerprint density at radius 3 is 2.86 bits per heavy atom. The average Bonchev–Trinajstić information content (AvgIpc) is 2.80. The standard InChI is InChI=1S/C16H11ClN2O2/c1-10-3-2-4-11(7-10)8-14-16(20)21-15(19-14)13-9-12(17)5-6-18-13/h2-9H,1H3/b14-8-. The molecule has 4 nitrogen and oxygen atoms in total. The number of carbonyl (C=O) groups is 1. The van der Waals surface area contributed by atoms with E-state index in [-0.39, 0.29) is 11.6 Å². The first kappa shape index (κ1) is 13.5. The summed E-state index contributed by atoms with van der Waals surface area (Å²) in [5.41, 5.74) is 2.68. The summed E-state index contributed by atoms with van der Waals surface area (Å²) in [5, 5.41) is 0.509. The molecule has 2 heterocycles. The summed E-state index contributed by atoms with van der Waals surface area (Å²) in [6.45, 7) is 1.99. The lowest BCUT2D eigenvalue weighted by Gasteiger charge is -1.97. The monoisotopic (exact) mass is 298 g/mol. The minimum absolute atomic E-state index is 0.168. The summed E-state index contributed by atoms with van der Waals surface area (Å²) in [5.74, 6) is -0.324. The van der Waals surface area contributed by atoms with Gasteiger partial charge in [0, 0.05) is 11.2 Å². The molecular formula is C16H11ClN2O2. The van der Waals surface area contributed by atoms with Gasteiger partial charge in [-0.3, -0.25) is 4.98 Å². The Morgan fingerprint density at radius 2 is 2.10 bits per heavy atom. The molecule has 0 bridgehead atoms. The van der Waals surface area contributed by atoms with Crippen LogP contribution in [0.25, 0.3) is 6.08 Å². The molecule has 0 saturated heterocycles. The van der Waals surface area contributed by atoms with E-state index in [0.29, 0.717) is 10.7 Å². The maximum absolute atomic E-state index is 11.9. The van der Waals surface area contributed by atoms with Crippen LogP contribution in [0.1, 0.15) is 16.8 Å². The van der Waals surface area contributed by atoms with Gasteiger partial charge in [0.15, 0.2) is 5.70 Å². The first-order chi connectivity index (χ1) is 10.1. The Hall–Kier alpha value is -2.46. The lowest BCUT2D eigenvalue weighted by molar-refractivity contribution is -0.129. The normalized spacial score (nSPS) is 16.0. The van der Waals surface area contributed by atoms with Crippen molar-refractivity contribution < 1.29 is 9.53 Å². The minimum atomic E-state index is -0.492. The highest BCUT2D eigenvalue weighted by atomic mass is 35.5. The van der Waals surface area contributed by atoms with E-state index in [1.165, 1.54) is 6.20 Å². The molecule has 0 N–H and O–H groups in total. The zero-order chi connectivity index (χ0) is 14.8. The molecule has 0 unspecified atom stereocenters. The number of aryl methyl sites for hydroxylation is 1. The third-order valence-electron chi connectivity index (χ3n) is 2.91. The highest BCUT2D eigenvalue weighted by molar-refractivity contribution is 6.31. The maximum Gasteiger partial charge on any atom is 0.363 e. The first-order valence-corrected chi connectivity index (χ1v) is 6.71. The fourth-order valence-corrected chi connectivity index (χ4v) is 2.12. The van der Waals surface area contributed by atoms with Crippen molar-refractivity contribution >= 4 is 29.5 Å². The SMILES string of the molecule is Cc1cccc(/C=C2\N=C(c3cc(Cl)ccn3)OC2=O)c1. The van der Waals surface area contributed by atoms with Crippen LogP contribution in [0.5, 0.6) is 0 Å². The summed E-state index contributed by atoms with van der Waals surface area (Å²) in [7, 11) is 0. The van der Waals surface area contributed by atoms with Gasteiger partial charge in [-0.1, -0.05) is 41.4 Å². The van der Waals surface area contributed by atoms with Crippen LogP contribution in [0.3, 0.4) is 0 Å². The number of aromatic nitrogens is 1. The van der Waals surface area contributed by atoms with E-state index in [9.17, 15) is 4.79 Å². The highest BCUT2D eigenvalue weighted by Crippen LogP contribution is 2.20. The molecule has 2 aromatic rings. The fourth-order valence-electron chi connectivity index (χ4n) is 1.96. The molecule has 0 spiro atoms. The van der Waals surface area contributed by atoms with Crippen LogP contribution < -0.4 is 0 Å². The molecule has 0 saturated carbocycles. The minimum Gasteiger partial charge on any atom is -0.400 e. The molecule has 0 radical (unpaired) electrons. The number of ether oxygens (including phenoxy) is 1. The van der Waals surface area contributed by atoms with Crippen molar-refractivity contribution in [3.05, 3.63) is 70.1 Å². The number of benzene rings is 1. The molecule has 1 aliphatic heterocycles. The van der Waals surface area contributed by atoms with Crippen molar-refractivity contribution in [3.8, 4) is 0 Å². The zero-order valence-corrected chi connectivity index (χ0v) is 12.0. The lowest BCUT2D eigenvalue weighted by atomic mass is 10.1. The largest absolute Gasteiger partial charge is 0.400 e. The third-order valence-corrected chi connectivity index (χ3v) is 3.14. The van der Waals surface area contributed by atoms with Crippen LogP contribution in [0.15, 0.2) is 53.3 Å². The number of halogens is 1. The second-order valence-electron chi connectivity index (χ2n) is 4.61. The maximum atomic E-state index is 11.9. The topological polar surface area (TPSA) is 51.6 Å². The van der Waals surface area contributed by atoms with Gasteiger partial charge in [0.05, 0.1) is 0 Å². The molecule has 5 heteroatoms. The van der Waals surface area contributed by atoms with Gasteiger partial charge in [-0.2, -0.15) is 0 Å². The highest BCUT2D eigenvalue weighted by Gasteiger charge is 2.25. The molecule has 1 aromatic heterocycles. The number of hydrogen-bond acceptors (Lipinski definition) is 4. The Bertz CT molecular complexity index is 781. The number of hydrogen-bond donors (Lipinski definition) is 0. The Kier molecular flexibility index (Phi) is 3.54. The van der Waals surface area contributed by atoms with Crippen LogP contribution in [0, 0.1) is 6.92 Å². The fraction of sp³-hybridized carbons (Fsp3) is 0.0625. The Labute approximate surface area is 126 Å². The van der Waals surface area contributed by atoms with Crippen molar-refractivity contribution in [1.82, 2.24) is 4.98 Å². The summed E-state index contributed by atoms with van der Waals surface area (Å²) in [6, 6.07) is 11.0. The van der Waals surface area contributed by atoms with E-state index >= 15 is 0 Å². The molecule has 21 heavy (non-hydrogen) atoms. The number of esters is 1. The number of carbonyl (C=O) groups excluding carboxylic acids is 1. The molecule has 3 rings (SSSR count).